The molecule has 0 saturated heterocycles. The Hall–Kier alpha value is -0.443. The van der Waals surface area contributed by atoms with Crippen LogP contribution in [0.3, 0.4) is 0 Å². The van der Waals surface area contributed by atoms with Crippen LogP contribution in [0.5, 0.6) is 0 Å². The van der Waals surface area contributed by atoms with Gasteiger partial charge in [-0.15, -0.1) is 12.1 Å². The second kappa shape index (κ2) is 4.44. The molecule has 1 aromatic rings. The Morgan fingerprint density at radius 3 is 2.22 bits per heavy atom. The fourth-order valence-corrected chi connectivity index (χ4v) is 0.536. The summed E-state index contributed by atoms with van der Waals surface area (Å²) in [6.45, 7) is 3.62. The second-order valence-corrected chi connectivity index (χ2v) is 1.54. The van der Waals surface area contributed by atoms with E-state index in [1.54, 1.807) is 0 Å². The van der Waals surface area contributed by atoms with Gasteiger partial charge in [-0.2, -0.15) is 30.3 Å². The summed E-state index contributed by atoms with van der Waals surface area (Å²) < 4.78 is 0. The van der Waals surface area contributed by atoms with Gasteiger partial charge in [-0.3, -0.25) is 0 Å². The minimum atomic E-state index is 0. The molecule has 0 aliphatic rings. The van der Waals surface area contributed by atoms with Crippen LogP contribution in [0.1, 0.15) is 5.56 Å². The maximum absolute atomic E-state index is 3.62. The molecule has 0 bridgehead atoms. The van der Waals surface area contributed by atoms with Gasteiger partial charge >= 0.3 is 18.9 Å². The molecule has 0 atom stereocenters. The Morgan fingerprint density at radius 2 is 1.89 bits per heavy atom. The zero-order valence-electron chi connectivity index (χ0n) is 5.59. The van der Waals surface area contributed by atoms with Crippen LogP contribution in [0.4, 0.5) is 0 Å². The summed E-state index contributed by atoms with van der Waals surface area (Å²) in [5.74, 6) is 0. The van der Waals surface area contributed by atoms with Crippen molar-refractivity contribution in [2.75, 3.05) is 0 Å². The zero-order valence-corrected chi connectivity index (χ0v) is 5.59. The van der Waals surface area contributed by atoms with Crippen LogP contribution in [0.25, 0.3) is 6.08 Å². The molecule has 1 heteroatoms. The molecular formula is C8H7Li. The molecule has 40 valence electrons. The topological polar surface area (TPSA) is 0 Å². The molecular weight excluding hydrogens is 103 g/mol. The molecule has 0 N–H and O–H groups in total. The molecule has 1 rings (SSSR count). The van der Waals surface area contributed by atoms with Crippen LogP contribution in [0.15, 0.2) is 30.8 Å². The molecule has 0 nitrogen and oxygen atoms in total. The molecule has 0 saturated carbocycles. The van der Waals surface area contributed by atoms with Gasteiger partial charge in [0.05, 0.1) is 0 Å². The number of benzene rings is 1. The van der Waals surface area contributed by atoms with E-state index < -0.39 is 0 Å². The molecule has 0 fully saturated rings. The molecule has 0 aromatic heterocycles. The molecule has 0 radical (unpaired) electrons. The predicted molar refractivity (Wildman–Crippen MR) is 35.4 cm³/mol. The van der Waals surface area contributed by atoms with Gasteiger partial charge in [0.1, 0.15) is 0 Å². The SMILES string of the molecule is C=Cc1cc[c-]cc1.[Li+]. The Bertz CT molecular complexity index is 167. The average Bonchev–Trinajstić information content (AvgIpc) is 1.90. The average molecular weight is 110 g/mol. The first-order valence-electron chi connectivity index (χ1n) is 2.52. The van der Waals surface area contributed by atoms with E-state index in [2.05, 4.69) is 12.6 Å². The van der Waals surface area contributed by atoms with Gasteiger partial charge in [-0.05, 0) is 0 Å². The van der Waals surface area contributed by atoms with Crippen LogP contribution in [0.2, 0.25) is 0 Å². The summed E-state index contributed by atoms with van der Waals surface area (Å²) in [5, 5.41) is 0. The van der Waals surface area contributed by atoms with Crippen LogP contribution in [-0.2, 0) is 0 Å². The van der Waals surface area contributed by atoms with Crippen molar-refractivity contribution in [1.82, 2.24) is 0 Å². The molecule has 0 aliphatic carbocycles. The Kier molecular flexibility index (Phi) is 4.22. The predicted octanol–water partition coefficient (Wildman–Crippen LogP) is -0.866. The van der Waals surface area contributed by atoms with Crippen LogP contribution in [0, 0.1) is 6.07 Å². The first kappa shape index (κ1) is 8.56. The van der Waals surface area contributed by atoms with Crippen LogP contribution >= 0.6 is 0 Å². The third-order valence-corrected chi connectivity index (χ3v) is 0.980. The summed E-state index contributed by atoms with van der Waals surface area (Å²) in [5.41, 5.74) is 1.14. The number of hydrogen-bond acceptors (Lipinski definition) is 0. The van der Waals surface area contributed by atoms with E-state index in [0.717, 1.165) is 5.56 Å². The van der Waals surface area contributed by atoms with Gasteiger partial charge in [0.25, 0.3) is 0 Å². The molecule has 0 heterocycles. The summed E-state index contributed by atoms with van der Waals surface area (Å²) >= 11 is 0. The third kappa shape index (κ3) is 2.56. The van der Waals surface area contributed by atoms with Crippen LogP contribution in [-0.4, -0.2) is 0 Å². The molecule has 0 spiro atoms. The summed E-state index contributed by atoms with van der Waals surface area (Å²) in [7, 11) is 0. The first-order valence-corrected chi connectivity index (χ1v) is 2.52. The van der Waals surface area contributed by atoms with E-state index >= 15 is 0 Å². The maximum Gasteiger partial charge on any atom is 1.00 e. The molecule has 0 unspecified atom stereocenters. The Balaban J connectivity index is 0.000000640. The summed E-state index contributed by atoms with van der Waals surface area (Å²) in [6.07, 6.45) is 1.81. The van der Waals surface area contributed by atoms with Crippen molar-refractivity contribution < 1.29 is 18.9 Å². The van der Waals surface area contributed by atoms with Gasteiger partial charge < -0.3 is 0 Å². The maximum atomic E-state index is 3.62. The van der Waals surface area contributed by atoms with Gasteiger partial charge in [0.15, 0.2) is 0 Å². The first-order chi connectivity index (χ1) is 3.93. The van der Waals surface area contributed by atoms with E-state index in [-0.39, 0.29) is 18.9 Å². The van der Waals surface area contributed by atoms with E-state index in [0.29, 0.717) is 0 Å². The van der Waals surface area contributed by atoms with E-state index in [1.807, 2.05) is 30.3 Å². The smallest absolute Gasteiger partial charge is 0.184 e. The summed E-state index contributed by atoms with van der Waals surface area (Å²) in [6, 6.07) is 10.6. The Labute approximate surface area is 67.8 Å². The van der Waals surface area contributed by atoms with Crippen molar-refractivity contribution in [2.24, 2.45) is 0 Å². The fraction of sp³-hybridized carbons (Fsp3) is 0. The largest absolute Gasteiger partial charge is 1.00 e. The van der Waals surface area contributed by atoms with E-state index in [4.69, 9.17) is 0 Å². The van der Waals surface area contributed by atoms with Crippen molar-refractivity contribution in [3.05, 3.63) is 42.5 Å². The van der Waals surface area contributed by atoms with E-state index in [9.17, 15) is 0 Å². The fourth-order valence-electron chi connectivity index (χ4n) is 0.536. The number of hydrogen-bond donors (Lipinski definition) is 0. The van der Waals surface area contributed by atoms with Gasteiger partial charge in [-0.1, -0.05) is 6.08 Å². The minimum Gasteiger partial charge on any atom is -0.184 e. The van der Waals surface area contributed by atoms with Crippen LogP contribution < -0.4 is 18.9 Å². The summed E-state index contributed by atoms with van der Waals surface area (Å²) in [4.78, 5) is 0. The molecule has 0 amide bonds. The minimum absolute atomic E-state index is 0. The van der Waals surface area contributed by atoms with Gasteiger partial charge in [0, 0.05) is 0 Å². The van der Waals surface area contributed by atoms with E-state index in [1.165, 1.54) is 0 Å². The molecule has 1 aromatic carbocycles. The van der Waals surface area contributed by atoms with Crippen molar-refractivity contribution in [3.63, 3.8) is 0 Å². The monoisotopic (exact) mass is 110 g/mol. The standard InChI is InChI=1S/C8H7.Li/c1-2-8-6-4-3-5-7-8;/h2,4-7H,1H2;/q-1;+1. The van der Waals surface area contributed by atoms with Crippen molar-refractivity contribution >= 4 is 6.08 Å². The quantitative estimate of drug-likeness (QED) is 0.326. The molecule has 9 heavy (non-hydrogen) atoms. The second-order valence-electron chi connectivity index (χ2n) is 1.54. The normalized spacial score (nSPS) is 7.56. The van der Waals surface area contributed by atoms with Crippen molar-refractivity contribution in [1.29, 1.82) is 0 Å². The van der Waals surface area contributed by atoms with Crippen molar-refractivity contribution in [2.45, 2.75) is 0 Å². The number of rotatable bonds is 1. The molecule has 0 aliphatic heterocycles. The van der Waals surface area contributed by atoms with Crippen molar-refractivity contribution in [3.8, 4) is 0 Å². The zero-order chi connectivity index (χ0) is 5.82. The Morgan fingerprint density at radius 1 is 1.33 bits per heavy atom. The van der Waals surface area contributed by atoms with Gasteiger partial charge in [-0.25, -0.2) is 0 Å². The third-order valence-electron chi connectivity index (χ3n) is 0.980. The van der Waals surface area contributed by atoms with Gasteiger partial charge in [0.2, 0.25) is 0 Å².